The highest BCUT2D eigenvalue weighted by atomic mass is 16.4. The van der Waals surface area contributed by atoms with E-state index in [9.17, 15) is 0 Å². The van der Waals surface area contributed by atoms with Gasteiger partial charge in [0.15, 0.2) is 0 Å². The maximum atomic E-state index is 8.36. The molecule has 0 unspecified atom stereocenters. The maximum absolute atomic E-state index is 8.36. The van der Waals surface area contributed by atoms with E-state index in [-0.39, 0.29) is 13.1 Å². The average Bonchev–Trinajstić information content (AvgIpc) is 3.39. The molecule has 2 rings (SSSR count). The van der Waals surface area contributed by atoms with Crippen LogP contribution in [-0.4, -0.2) is 46.7 Å². The van der Waals surface area contributed by atoms with Gasteiger partial charge in [0.2, 0.25) is 0 Å². The lowest BCUT2D eigenvalue weighted by molar-refractivity contribution is -0.122. The second kappa shape index (κ2) is 20.8. The minimum Gasteiger partial charge on any atom is -0.483 e. The lowest BCUT2D eigenvalue weighted by Gasteiger charge is -2.17. The zero-order valence-corrected chi connectivity index (χ0v) is 18.5. The van der Waals surface area contributed by atoms with Gasteiger partial charge in [0.1, 0.15) is 12.4 Å². The van der Waals surface area contributed by atoms with Crippen molar-refractivity contribution in [2.45, 2.75) is 84.2 Å². The van der Waals surface area contributed by atoms with E-state index in [1.165, 1.54) is 83.4 Å². The molecule has 6 nitrogen and oxygen atoms in total. The van der Waals surface area contributed by atoms with Crippen LogP contribution in [0.2, 0.25) is 0 Å². The summed E-state index contributed by atoms with van der Waals surface area (Å²) in [6, 6.07) is 3.46. The number of rotatable bonds is 13. The molecule has 1 aliphatic rings. The number of carbonyl (C=O) groups is 1. The minimum absolute atomic E-state index is 0.00694. The van der Waals surface area contributed by atoms with Crippen molar-refractivity contribution < 1.29 is 19.4 Å². The second-order valence-electron chi connectivity index (χ2n) is 7.39. The van der Waals surface area contributed by atoms with E-state index in [4.69, 9.17) is 19.4 Å². The molecule has 0 saturated heterocycles. The summed E-state index contributed by atoms with van der Waals surface area (Å²) >= 11 is 0. The van der Waals surface area contributed by atoms with Crippen molar-refractivity contribution >= 4 is 6.47 Å². The molecule has 168 valence electrons. The SMILES string of the molecule is CCCCCCCCCCCCCN1C=CN(C)C1.O=CO.OCc1ccco1. The van der Waals surface area contributed by atoms with Crippen LogP contribution in [-0.2, 0) is 11.4 Å². The zero-order chi connectivity index (χ0) is 21.6. The largest absolute Gasteiger partial charge is 0.483 e. The first kappa shape index (κ1) is 27.0. The quantitative estimate of drug-likeness (QED) is 0.333. The third-order valence-electron chi connectivity index (χ3n) is 4.72. The number of unbranched alkanes of at least 4 members (excludes halogenated alkanes) is 10. The topological polar surface area (TPSA) is 77.2 Å². The fraction of sp³-hybridized carbons (Fsp3) is 0.696. The molecular formula is C23H42N2O4. The molecule has 2 heterocycles. The molecule has 0 amide bonds. The van der Waals surface area contributed by atoms with Crippen LogP contribution < -0.4 is 0 Å². The molecule has 29 heavy (non-hydrogen) atoms. The van der Waals surface area contributed by atoms with Crippen LogP contribution in [0.25, 0.3) is 0 Å². The predicted octanol–water partition coefficient (Wildman–Crippen LogP) is 5.45. The molecule has 1 aromatic heterocycles. The number of hydrogen-bond donors (Lipinski definition) is 2. The molecule has 0 radical (unpaired) electrons. The van der Waals surface area contributed by atoms with Gasteiger partial charge in [-0.25, -0.2) is 0 Å². The summed E-state index contributed by atoms with van der Waals surface area (Å²) in [6.45, 7) is 4.35. The van der Waals surface area contributed by atoms with Crippen LogP contribution in [0.15, 0.2) is 35.2 Å². The Morgan fingerprint density at radius 1 is 1.00 bits per heavy atom. The van der Waals surface area contributed by atoms with E-state index < -0.39 is 0 Å². The molecule has 0 spiro atoms. The molecule has 0 fully saturated rings. The van der Waals surface area contributed by atoms with Gasteiger partial charge in [0.05, 0.1) is 12.9 Å². The van der Waals surface area contributed by atoms with Crippen LogP contribution in [0.4, 0.5) is 0 Å². The van der Waals surface area contributed by atoms with Crippen molar-refractivity contribution in [3.05, 3.63) is 36.6 Å². The van der Waals surface area contributed by atoms with Crippen LogP contribution >= 0.6 is 0 Å². The fourth-order valence-electron chi connectivity index (χ4n) is 3.12. The first-order valence-corrected chi connectivity index (χ1v) is 11.0. The first-order valence-electron chi connectivity index (χ1n) is 11.0. The summed E-state index contributed by atoms with van der Waals surface area (Å²) in [5.74, 6) is 0.611. The molecule has 0 saturated carbocycles. The first-order chi connectivity index (χ1) is 14.2. The second-order valence-corrected chi connectivity index (χ2v) is 7.39. The van der Waals surface area contributed by atoms with Crippen LogP contribution in [0.3, 0.4) is 0 Å². The number of aliphatic hydroxyl groups is 1. The van der Waals surface area contributed by atoms with Gasteiger partial charge in [-0.1, -0.05) is 71.1 Å². The van der Waals surface area contributed by atoms with Gasteiger partial charge in [0.25, 0.3) is 6.47 Å². The van der Waals surface area contributed by atoms with Gasteiger partial charge >= 0.3 is 0 Å². The van der Waals surface area contributed by atoms with Crippen molar-refractivity contribution in [3.8, 4) is 0 Å². The summed E-state index contributed by atoms with van der Waals surface area (Å²) in [5, 5.41) is 15.2. The summed E-state index contributed by atoms with van der Waals surface area (Å²) in [6.07, 6.45) is 21.6. The van der Waals surface area contributed by atoms with Gasteiger partial charge < -0.3 is 24.4 Å². The Bertz CT molecular complexity index is 477. The lowest BCUT2D eigenvalue weighted by Crippen LogP contribution is -2.23. The van der Waals surface area contributed by atoms with Gasteiger partial charge in [-0.15, -0.1) is 0 Å². The van der Waals surface area contributed by atoms with Gasteiger partial charge in [-0.2, -0.15) is 0 Å². The van der Waals surface area contributed by atoms with Gasteiger partial charge in [-0.3, -0.25) is 4.79 Å². The Labute approximate surface area is 177 Å². The summed E-state index contributed by atoms with van der Waals surface area (Å²) < 4.78 is 4.73. The van der Waals surface area contributed by atoms with Gasteiger partial charge in [-0.05, 0) is 18.6 Å². The molecule has 0 atom stereocenters. The number of furan rings is 1. The smallest absolute Gasteiger partial charge is 0.290 e. The monoisotopic (exact) mass is 410 g/mol. The molecular weight excluding hydrogens is 368 g/mol. The Morgan fingerprint density at radius 3 is 1.93 bits per heavy atom. The van der Waals surface area contributed by atoms with Crippen molar-refractivity contribution in [1.82, 2.24) is 9.80 Å². The molecule has 2 N–H and O–H groups in total. The molecule has 1 aliphatic heterocycles. The lowest BCUT2D eigenvalue weighted by atomic mass is 10.1. The van der Waals surface area contributed by atoms with Gasteiger partial charge in [0, 0.05) is 26.0 Å². The van der Waals surface area contributed by atoms with Crippen molar-refractivity contribution in [2.75, 3.05) is 20.3 Å². The summed E-state index contributed by atoms with van der Waals surface area (Å²) in [5.41, 5.74) is 0. The molecule has 6 heteroatoms. The highest BCUT2D eigenvalue weighted by molar-refractivity contribution is 5.32. The van der Waals surface area contributed by atoms with E-state index in [1.807, 2.05) is 0 Å². The average molecular weight is 411 g/mol. The summed E-state index contributed by atoms with van der Waals surface area (Å²) in [4.78, 5) is 13.0. The number of aliphatic hydroxyl groups excluding tert-OH is 1. The van der Waals surface area contributed by atoms with E-state index in [1.54, 1.807) is 12.1 Å². The number of hydrogen-bond acceptors (Lipinski definition) is 5. The Balaban J connectivity index is 0.000000643. The minimum atomic E-state index is -0.250. The standard InChI is InChI=1S/C17H34N2.C5H6O2.CH2O2/c1-3-4-5-6-7-8-9-10-11-12-13-14-19-16-15-18(2)17-19;6-4-5-2-1-3-7-5;2-1-3/h15-16H,3-14,17H2,1-2H3;1-3,6H,4H2;1H,(H,2,3). The van der Waals surface area contributed by atoms with E-state index in [2.05, 4.69) is 36.2 Å². The van der Waals surface area contributed by atoms with Crippen molar-refractivity contribution in [3.63, 3.8) is 0 Å². The maximum Gasteiger partial charge on any atom is 0.290 e. The van der Waals surface area contributed by atoms with E-state index in [0.717, 1.165) is 6.67 Å². The molecule has 0 aromatic carbocycles. The highest BCUT2D eigenvalue weighted by Gasteiger charge is 2.06. The van der Waals surface area contributed by atoms with E-state index in [0.29, 0.717) is 5.76 Å². The number of carboxylic acid groups (broad SMARTS) is 1. The third kappa shape index (κ3) is 17.9. The summed E-state index contributed by atoms with van der Waals surface area (Å²) in [7, 11) is 2.14. The molecule has 0 bridgehead atoms. The highest BCUT2D eigenvalue weighted by Crippen LogP contribution is 2.12. The zero-order valence-electron chi connectivity index (χ0n) is 18.5. The third-order valence-corrected chi connectivity index (χ3v) is 4.72. The van der Waals surface area contributed by atoms with Crippen LogP contribution in [0.5, 0.6) is 0 Å². The normalized spacial score (nSPS) is 12.2. The van der Waals surface area contributed by atoms with Crippen molar-refractivity contribution in [1.29, 1.82) is 0 Å². The Hall–Kier alpha value is -1.95. The predicted molar refractivity (Wildman–Crippen MR) is 118 cm³/mol. The Morgan fingerprint density at radius 2 is 1.55 bits per heavy atom. The number of nitrogens with zero attached hydrogens (tertiary/aromatic N) is 2. The van der Waals surface area contributed by atoms with Crippen LogP contribution in [0.1, 0.15) is 83.3 Å². The van der Waals surface area contributed by atoms with E-state index >= 15 is 0 Å². The Kier molecular flexibility index (Phi) is 19.4. The van der Waals surface area contributed by atoms with Crippen molar-refractivity contribution in [2.24, 2.45) is 0 Å². The molecule has 0 aliphatic carbocycles. The molecule has 1 aromatic rings. The van der Waals surface area contributed by atoms with Crippen LogP contribution in [0, 0.1) is 0 Å². The fourth-order valence-corrected chi connectivity index (χ4v) is 3.12.